The minimum atomic E-state index is -3.04. The zero-order valence-corrected chi connectivity index (χ0v) is 17.6. The summed E-state index contributed by atoms with van der Waals surface area (Å²) < 4.78 is 24.2. The Morgan fingerprint density at radius 3 is 2.56 bits per heavy atom. The van der Waals surface area contributed by atoms with Gasteiger partial charge < -0.3 is 4.90 Å². The number of aryl methyl sites for hydroxylation is 2. The van der Waals surface area contributed by atoms with Gasteiger partial charge in [0.2, 0.25) is 0 Å². The van der Waals surface area contributed by atoms with Crippen molar-refractivity contribution < 1.29 is 8.42 Å². The SMILES string of the molecule is Cc1ccc(CSC2=N[C@@H]3CS(=O)(=O)C[C@H]3N2c2ccc(Cl)cc2)cc1C. The third-order valence-electron chi connectivity index (χ3n) is 5.15. The standard InChI is InChI=1S/C20H21ClN2O2S2/c1-13-3-4-15(9-14(13)2)10-26-20-22-18-11-27(24,25)12-19(18)23(20)17-7-5-16(21)6-8-17/h3-9,18-19H,10-12H2,1-2H3/t18-,19-/m1/s1. The predicted molar refractivity (Wildman–Crippen MR) is 115 cm³/mol. The number of amidine groups is 1. The number of hydrogen-bond acceptors (Lipinski definition) is 5. The Labute approximate surface area is 169 Å². The number of anilines is 1. The number of sulfone groups is 1. The molecule has 4 rings (SSSR count). The molecule has 27 heavy (non-hydrogen) atoms. The minimum Gasteiger partial charge on any atom is -0.315 e. The second-order valence-corrected chi connectivity index (χ2v) is 10.7. The highest BCUT2D eigenvalue weighted by molar-refractivity contribution is 8.13. The van der Waals surface area contributed by atoms with Crippen LogP contribution in [0.1, 0.15) is 16.7 Å². The van der Waals surface area contributed by atoms with Crippen molar-refractivity contribution in [2.24, 2.45) is 4.99 Å². The molecule has 0 saturated carbocycles. The van der Waals surface area contributed by atoms with Crippen LogP contribution in [0.2, 0.25) is 5.02 Å². The van der Waals surface area contributed by atoms with E-state index in [1.54, 1.807) is 11.8 Å². The molecular formula is C20H21ClN2O2S2. The summed E-state index contributed by atoms with van der Waals surface area (Å²) in [4.78, 5) is 6.85. The third kappa shape index (κ3) is 3.89. The van der Waals surface area contributed by atoms with Crippen LogP contribution >= 0.6 is 23.4 Å². The molecule has 4 nitrogen and oxygen atoms in total. The molecule has 0 unspecified atom stereocenters. The molecule has 2 atom stereocenters. The monoisotopic (exact) mass is 420 g/mol. The van der Waals surface area contributed by atoms with Crippen LogP contribution < -0.4 is 4.90 Å². The van der Waals surface area contributed by atoms with Crippen LogP contribution in [0.4, 0.5) is 5.69 Å². The van der Waals surface area contributed by atoms with E-state index in [4.69, 9.17) is 16.6 Å². The number of nitrogens with zero attached hydrogens (tertiary/aromatic N) is 2. The van der Waals surface area contributed by atoms with Gasteiger partial charge in [-0.25, -0.2) is 8.42 Å². The lowest BCUT2D eigenvalue weighted by molar-refractivity contribution is 0.601. The Bertz CT molecular complexity index is 1000. The zero-order valence-electron chi connectivity index (χ0n) is 15.2. The number of halogens is 1. The number of rotatable bonds is 3. The highest BCUT2D eigenvalue weighted by Gasteiger charge is 2.47. The molecule has 142 valence electrons. The average Bonchev–Trinajstić information content (AvgIpc) is 3.08. The first-order valence-electron chi connectivity index (χ1n) is 8.84. The highest BCUT2D eigenvalue weighted by atomic mass is 35.5. The largest absolute Gasteiger partial charge is 0.315 e. The fourth-order valence-corrected chi connectivity index (χ4v) is 6.61. The Morgan fingerprint density at radius 2 is 1.85 bits per heavy atom. The summed E-state index contributed by atoms with van der Waals surface area (Å²) in [5.41, 5.74) is 4.74. The summed E-state index contributed by atoms with van der Waals surface area (Å²) in [7, 11) is -3.04. The number of fused-ring (bicyclic) bond motifs is 1. The van der Waals surface area contributed by atoms with E-state index in [0.717, 1.165) is 16.6 Å². The van der Waals surface area contributed by atoms with Gasteiger partial charge in [0, 0.05) is 16.5 Å². The molecule has 2 aromatic carbocycles. The van der Waals surface area contributed by atoms with E-state index in [-0.39, 0.29) is 23.6 Å². The molecule has 0 spiro atoms. The first-order valence-corrected chi connectivity index (χ1v) is 12.0. The van der Waals surface area contributed by atoms with Gasteiger partial charge in [0.15, 0.2) is 15.0 Å². The topological polar surface area (TPSA) is 49.7 Å². The fraction of sp³-hybridized carbons (Fsp3) is 0.350. The number of benzene rings is 2. The Balaban J connectivity index is 1.60. The third-order valence-corrected chi connectivity index (χ3v) is 8.14. The molecule has 1 saturated heterocycles. The Hall–Kier alpha value is -1.50. The van der Waals surface area contributed by atoms with Crippen LogP contribution in [0, 0.1) is 13.8 Å². The van der Waals surface area contributed by atoms with Crippen molar-refractivity contribution >= 4 is 44.1 Å². The summed E-state index contributed by atoms with van der Waals surface area (Å²) in [6.45, 7) is 4.23. The molecule has 0 amide bonds. The second-order valence-electron chi connectivity index (χ2n) is 7.18. The van der Waals surface area contributed by atoms with Crippen LogP contribution in [0.3, 0.4) is 0 Å². The van der Waals surface area contributed by atoms with Crippen LogP contribution in [-0.2, 0) is 15.6 Å². The molecule has 0 bridgehead atoms. The average molecular weight is 421 g/mol. The van der Waals surface area contributed by atoms with E-state index in [1.165, 1.54) is 16.7 Å². The van der Waals surface area contributed by atoms with Gasteiger partial charge >= 0.3 is 0 Å². The van der Waals surface area contributed by atoms with Gasteiger partial charge in [-0.3, -0.25) is 4.99 Å². The maximum absolute atomic E-state index is 12.1. The molecule has 0 radical (unpaired) electrons. The highest BCUT2D eigenvalue weighted by Crippen LogP contribution is 2.36. The predicted octanol–water partition coefficient (Wildman–Crippen LogP) is 4.23. The molecule has 2 heterocycles. The maximum atomic E-state index is 12.1. The zero-order chi connectivity index (χ0) is 19.2. The quantitative estimate of drug-likeness (QED) is 0.745. The normalized spacial score (nSPS) is 23.4. The fourth-order valence-electron chi connectivity index (χ4n) is 3.58. The van der Waals surface area contributed by atoms with Crippen molar-refractivity contribution in [2.75, 3.05) is 16.4 Å². The molecular weight excluding hydrogens is 400 g/mol. The van der Waals surface area contributed by atoms with E-state index >= 15 is 0 Å². The van der Waals surface area contributed by atoms with Crippen LogP contribution in [0.15, 0.2) is 47.5 Å². The van der Waals surface area contributed by atoms with Crippen molar-refractivity contribution in [1.82, 2.24) is 0 Å². The Kier molecular flexibility index (Phi) is 4.99. The van der Waals surface area contributed by atoms with Gasteiger partial charge in [0.25, 0.3) is 0 Å². The molecule has 2 aromatic rings. The summed E-state index contributed by atoms with van der Waals surface area (Å²) >= 11 is 7.69. The van der Waals surface area contributed by atoms with Gasteiger partial charge in [-0.2, -0.15) is 0 Å². The maximum Gasteiger partial charge on any atom is 0.164 e. The van der Waals surface area contributed by atoms with E-state index < -0.39 is 9.84 Å². The number of hydrogen-bond donors (Lipinski definition) is 0. The molecule has 2 aliphatic rings. The van der Waals surface area contributed by atoms with E-state index in [0.29, 0.717) is 5.02 Å². The lowest BCUT2D eigenvalue weighted by atomic mass is 10.1. The lowest BCUT2D eigenvalue weighted by Crippen LogP contribution is -2.39. The minimum absolute atomic E-state index is 0.126. The van der Waals surface area contributed by atoms with E-state index in [9.17, 15) is 8.42 Å². The molecule has 2 aliphatic heterocycles. The summed E-state index contributed by atoms with van der Waals surface area (Å²) in [6.07, 6.45) is 0. The van der Waals surface area contributed by atoms with Crippen molar-refractivity contribution in [1.29, 1.82) is 0 Å². The number of thioether (sulfide) groups is 1. The van der Waals surface area contributed by atoms with Crippen molar-refractivity contribution in [2.45, 2.75) is 31.7 Å². The van der Waals surface area contributed by atoms with Gasteiger partial charge in [-0.05, 0) is 54.8 Å². The van der Waals surface area contributed by atoms with Gasteiger partial charge in [0.05, 0.1) is 23.6 Å². The van der Waals surface area contributed by atoms with Gasteiger partial charge in [-0.1, -0.05) is 41.6 Å². The molecule has 0 aromatic heterocycles. The summed E-state index contributed by atoms with van der Waals surface area (Å²) in [6, 6.07) is 13.7. The van der Waals surface area contributed by atoms with Gasteiger partial charge in [0.1, 0.15) is 0 Å². The van der Waals surface area contributed by atoms with E-state index in [1.807, 2.05) is 24.3 Å². The van der Waals surface area contributed by atoms with Crippen molar-refractivity contribution in [3.05, 3.63) is 64.2 Å². The first-order chi connectivity index (χ1) is 12.8. The lowest BCUT2D eigenvalue weighted by Gasteiger charge is -2.26. The molecule has 0 aliphatic carbocycles. The van der Waals surface area contributed by atoms with Crippen LogP contribution in [-0.4, -0.2) is 37.2 Å². The van der Waals surface area contributed by atoms with Crippen molar-refractivity contribution in [3.63, 3.8) is 0 Å². The van der Waals surface area contributed by atoms with Crippen LogP contribution in [0.5, 0.6) is 0 Å². The summed E-state index contributed by atoms with van der Waals surface area (Å²) in [5.74, 6) is 1.09. The first kappa shape index (κ1) is 18.8. The smallest absolute Gasteiger partial charge is 0.164 e. The van der Waals surface area contributed by atoms with Gasteiger partial charge in [-0.15, -0.1) is 0 Å². The molecule has 0 N–H and O–H groups in total. The number of aliphatic imine (C=N–C) groups is 1. The Morgan fingerprint density at radius 1 is 1.11 bits per heavy atom. The summed E-state index contributed by atoms with van der Waals surface area (Å²) in [5, 5.41) is 1.55. The van der Waals surface area contributed by atoms with Crippen molar-refractivity contribution in [3.8, 4) is 0 Å². The molecule has 1 fully saturated rings. The second kappa shape index (κ2) is 7.15. The van der Waals surface area contributed by atoms with E-state index in [2.05, 4.69) is 36.9 Å². The van der Waals surface area contributed by atoms with Crippen LogP contribution in [0.25, 0.3) is 0 Å². The molecule has 7 heteroatoms.